The molecule has 3 fully saturated rings. The second-order valence-electron chi connectivity index (χ2n) is 10.2. The molecule has 14 heteroatoms. The number of Topliss-reactive ketones (excluding diaryl/α,β-unsaturated/α-hetero) is 1. The zero-order chi connectivity index (χ0) is 26.7. The molecular formula is C24H27N9O4S. The van der Waals surface area contributed by atoms with Gasteiger partial charge in [-0.3, -0.25) is 19.3 Å². The molecule has 4 amide bonds. The molecule has 1 aliphatic carbocycles. The van der Waals surface area contributed by atoms with Crippen LogP contribution in [0.2, 0.25) is 0 Å². The van der Waals surface area contributed by atoms with E-state index in [1.54, 1.807) is 24.7 Å². The summed E-state index contributed by atoms with van der Waals surface area (Å²) >= 11 is 1.36. The van der Waals surface area contributed by atoms with Crippen LogP contribution in [0.15, 0.2) is 22.8 Å². The predicted molar refractivity (Wildman–Crippen MR) is 139 cm³/mol. The lowest BCUT2D eigenvalue weighted by Crippen LogP contribution is -2.66. The molecular weight excluding hydrogens is 510 g/mol. The maximum absolute atomic E-state index is 13.1. The van der Waals surface area contributed by atoms with E-state index in [0.717, 1.165) is 41.3 Å². The van der Waals surface area contributed by atoms with Gasteiger partial charge in [0.25, 0.3) is 5.91 Å². The average molecular weight is 538 g/mol. The number of rotatable bonds is 7. The number of nitrogens with one attached hydrogen (secondary N) is 1. The number of fused-ring (bicyclic) bond motifs is 2. The molecule has 4 unspecified atom stereocenters. The van der Waals surface area contributed by atoms with Crippen LogP contribution in [0.3, 0.4) is 0 Å². The molecule has 198 valence electrons. The van der Waals surface area contributed by atoms with Gasteiger partial charge in [0.1, 0.15) is 22.7 Å². The van der Waals surface area contributed by atoms with Crippen LogP contribution in [-0.4, -0.2) is 105 Å². The smallest absolute Gasteiger partial charge is 0.328 e. The van der Waals surface area contributed by atoms with E-state index < -0.39 is 36.1 Å². The first-order chi connectivity index (χ1) is 18.2. The maximum Gasteiger partial charge on any atom is 0.328 e. The van der Waals surface area contributed by atoms with Crippen LogP contribution in [-0.2, 0) is 14.4 Å². The first kappa shape index (κ1) is 24.4. The number of carbonyl (C=O) groups is 4. The van der Waals surface area contributed by atoms with Crippen molar-refractivity contribution in [3.8, 4) is 10.6 Å². The Hall–Kier alpha value is -3.94. The highest BCUT2D eigenvalue weighted by atomic mass is 32.1. The Bertz CT molecular complexity index is 1330. The van der Waals surface area contributed by atoms with Gasteiger partial charge in [-0.05, 0) is 32.1 Å². The van der Waals surface area contributed by atoms with Gasteiger partial charge in [-0.2, -0.15) is 0 Å². The van der Waals surface area contributed by atoms with Crippen LogP contribution in [0.1, 0.15) is 20.3 Å². The van der Waals surface area contributed by atoms with Gasteiger partial charge in [0, 0.05) is 43.5 Å². The summed E-state index contributed by atoms with van der Waals surface area (Å²) in [6.07, 6.45) is 5.46. The number of likely N-dealkylation sites (N-methyl/N-ethyl adjacent to an activating group) is 1. The predicted octanol–water partition coefficient (Wildman–Crippen LogP) is 0.905. The van der Waals surface area contributed by atoms with Crippen LogP contribution in [0.5, 0.6) is 0 Å². The molecule has 13 nitrogen and oxygen atoms in total. The maximum atomic E-state index is 13.1. The van der Waals surface area contributed by atoms with Crippen molar-refractivity contribution in [3.63, 3.8) is 0 Å². The summed E-state index contributed by atoms with van der Waals surface area (Å²) in [7, 11) is 1.52. The molecule has 4 aliphatic rings. The highest BCUT2D eigenvalue weighted by Crippen LogP contribution is 2.45. The van der Waals surface area contributed by atoms with Gasteiger partial charge in [0.05, 0.1) is 12.9 Å². The molecule has 2 aromatic heterocycles. The third-order valence-corrected chi connectivity index (χ3v) is 8.41. The van der Waals surface area contributed by atoms with E-state index in [2.05, 4.69) is 30.2 Å². The minimum Gasteiger partial charge on any atom is -0.340 e. The van der Waals surface area contributed by atoms with E-state index >= 15 is 0 Å². The standard InChI is InChI=1S/C24H27N9O4S/c1-12(34)7-32-22(36)18-19(30(3)24(32)37)27-11-33(18)13(2)20(35)28-17-10-38-21(29-17)16-5-25-23(26-6-16)31-8-14-4-15(14)9-31/h5-6,10-11,13-15,18-19H,4,7-9H2,1-3H3,(H,28,35)/t13-,14?,15?,18?,19?/m0/s1. The fourth-order valence-electron chi connectivity index (χ4n) is 5.27. The quantitative estimate of drug-likeness (QED) is 0.545. The van der Waals surface area contributed by atoms with Crippen LogP contribution >= 0.6 is 11.3 Å². The Balaban J connectivity index is 1.11. The number of urea groups is 1. The van der Waals surface area contributed by atoms with Crippen molar-refractivity contribution < 1.29 is 19.2 Å². The van der Waals surface area contributed by atoms with Crippen LogP contribution in [0.4, 0.5) is 16.6 Å². The minimum atomic E-state index is -0.902. The fraction of sp³-hybridized carbons (Fsp3) is 0.500. The second-order valence-corrected chi connectivity index (χ2v) is 11.1. The molecule has 2 saturated heterocycles. The number of anilines is 2. The van der Waals surface area contributed by atoms with Crippen LogP contribution in [0.25, 0.3) is 10.6 Å². The first-order valence-corrected chi connectivity index (χ1v) is 13.3. The highest BCUT2D eigenvalue weighted by molar-refractivity contribution is 7.13. The number of carbonyl (C=O) groups excluding carboxylic acids is 4. The van der Waals surface area contributed by atoms with Crippen molar-refractivity contribution in [3.05, 3.63) is 17.8 Å². The van der Waals surface area contributed by atoms with Gasteiger partial charge in [0.15, 0.2) is 12.2 Å². The zero-order valence-electron chi connectivity index (χ0n) is 21.1. The number of ketones is 1. The molecule has 38 heavy (non-hydrogen) atoms. The summed E-state index contributed by atoms with van der Waals surface area (Å²) in [5.41, 5.74) is 0.761. The number of imide groups is 1. The lowest BCUT2D eigenvalue weighted by molar-refractivity contribution is -0.141. The van der Waals surface area contributed by atoms with E-state index in [1.165, 1.54) is 47.9 Å². The van der Waals surface area contributed by atoms with Gasteiger partial charge >= 0.3 is 6.03 Å². The average Bonchev–Trinajstić information content (AvgIpc) is 3.29. The number of piperidine rings is 1. The fourth-order valence-corrected chi connectivity index (χ4v) is 6.00. The topological polar surface area (TPSA) is 144 Å². The number of aromatic nitrogens is 3. The summed E-state index contributed by atoms with van der Waals surface area (Å²) in [5, 5.41) is 5.20. The first-order valence-electron chi connectivity index (χ1n) is 12.4. The summed E-state index contributed by atoms with van der Waals surface area (Å²) in [6.45, 7) is 4.66. The molecule has 2 aromatic rings. The summed E-state index contributed by atoms with van der Waals surface area (Å²) in [5.74, 6) is 1.43. The SMILES string of the molecule is CC(=O)CN1C(=O)C2C(N=CN2[C@@H](C)C(=O)Nc2csc(-c3cnc(N4CC5CC5C4)nc3)n2)N(C)C1=O. The Kier molecular flexibility index (Phi) is 5.85. The summed E-state index contributed by atoms with van der Waals surface area (Å²) in [6, 6.07) is -2.29. The lowest BCUT2D eigenvalue weighted by Gasteiger charge is -2.41. The molecule has 6 rings (SSSR count). The molecule has 1 N–H and O–H groups in total. The van der Waals surface area contributed by atoms with E-state index in [9.17, 15) is 19.2 Å². The van der Waals surface area contributed by atoms with E-state index in [1.807, 2.05) is 0 Å². The summed E-state index contributed by atoms with van der Waals surface area (Å²) in [4.78, 5) is 74.2. The van der Waals surface area contributed by atoms with Crippen molar-refractivity contribution in [2.45, 2.75) is 38.5 Å². The van der Waals surface area contributed by atoms with Gasteiger partial charge in [-0.1, -0.05) is 0 Å². The Labute approximate surface area is 222 Å². The van der Waals surface area contributed by atoms with Crippen LogP contribution < -0.4 is 10.2 Å². The Morgan fingerprint density at radius 2 is 1.89 bits per heavy atom. The molecule has 1 saturated carbocycles. The molecule has 3 aliphatic heterocycles. The molecule has 5 atom stereocenters. The number of nitrogens with zero attached hydrogens (tertiary/aromatic N) is 8. The van der Waals surface area contributed by atoms with Gasteiger partial charge in [0.2, 0.25) is 11.9 Å². The monoisotopic (exact) mass is 537 g/mol. The number of hydrogen-bond acceptors (Lipinski definition) is 11. The highest BCUT2D eigenvalue weighted by Gasteiger charge is 2.51. The minimum absolute atomic E-state index is 0.318. The Morgan fingerprint density at radius 3 is 2.58 bits per heavy atom. The largest absolute Gasteiger partial charge is 0.340 e. The molecule has 0 radical (unpaired) electrons. The van der Waals surface area contributed by atoms with Gasteiger partial charge in [-0.25, -0.2) is 24.7 Å². The summed E-state index contributed by atoms with van der Waals surface area (Å²) < 4.78 is 0. The third-order valence-electron chi connectivity index (χ3n) is 7.51. The molecule has 5 heterocycles. The number of aliphatic imine (C=N–C) groups is 1. The Morgan fingerprint density at radius 1 is 1.18 bits per heavy atom. The van der Waals surface area contributed by atoms with E-state index in [-0.39, 0.29) is 12.3 Å². The lowest BCUT2D eigenvalue weighted by atomic mass is 10.1. The van der Waals surface area contributed by atoms with Crippen molar-refractivity contribution in [1.82, 2.24) is 29.7 Å². The zero-order valence-corrected chi connectivity index (χ0v) is 22.0. The molecule has 0 bridgehead atoms. The molecule has 0 aromatic carbocycles. The van der Waals surface area contributed by atoms with Gasteiger partial charge in [-0.15, -0.1) is 11.3 Å². The van der Waals surface area contributed by atoms with Crippen molar-refractivity contribution in [2.24, 2.45) is 16.8 Å². The molecule has 0 spiro atoms. The van der Waals surface area contributed by atoms with Crippen molar-refractivity contribution >= 4 is 53.1 Å². The third kappa shape index (κ3) is 4.18. The van der Waals surface area contributed by atoms with Crippen LogP contribution in [0, 0.1) is 11.8 Å². The number of hydrogen-bond donors (Lipinski definition) is 1. The second kappa shape index (κ2) is 9.11. The van der Waals surface area contributed by atoms with Crippen molar-refractivity contribution in [1.29, 1.82) is 0 Å². The van der Waals surface area contributed by atoms with Gasteiger partial charge < -0.3 is 20.0 Å². The van der Waals surface area contributed by atoms with E-state index in [4.69, 9.17) is 0 Å². The van der Waals surface area contributed by atoms with Crippen molar-refractivity contribution in [2.75, 3.05) is 36.9 Å². The number of amides is 4. The van der Waals surface area contributed by atoms with E-state index in [0.29, 0.717) is 10.8 Å². The number of thiazole rings is 1. The normalized spacial score (nSPS) is 26.5.